The average molecular weight is 1100 g/mol. The monoisotopic (exact) mass is 1100 g/mol. The summed E-state index contributed by atoms with van der Waals surface area (Å²) in [5.74, 6) is -2.99. The van der Waals surface area contributed by atoms with Crippen LogP contribution in [0.4, 0.5) is 32.5 Å². The van der Waals surface area contributed by atoms with Crippen LogP contribution in [0, 0.1) is 5.92 Å². The summed E-state index contributed by atoms with van der Waals surface area (Å²) in [5.41, 5.74) is 1.90. The number of hydrogen-bond acceptors (Lipinski definition) is 15. The van der Waals surface area contributed by atoms with Gasteiger partial charge in [-0.1, -0.05) is 38.7 Å². The van der Waals surface area contributed by atoms with Crippen LogP contribution in [-0.4, -0.2) is 148 Å². The molecule has 2 fully saturated rings. The normalized spacial score (nSPS) is 17.2. The van der Waals surface area contributed by atoms with Gasteiger partial charge in [-0.05, 0) is 62.6 Å². The van der Waals surface area contributed by atoms with Crippen LogP contribution in [0.15, 0.2) is 67.7 Å². The van der Waals surface area contributed by atoms with E-state index in [9.17, 15) is 43.5 Å². The molecule has 3 unspecified atom stereocenters. The van der Waals surface area contributed by atoms with Gasteiger partial charge in [-0.2, -0.15) is 0 Å². The number of hydrogen-bond donors (Lipinski definition) is 6. The molecule has 26 heteroatoms. The van der Waals surface area contributed by atoms with E-state index in [-0.39, 0.29) is 110 Å². The molecule has 7 amide bonds. The minimum atomic E-state index is -1.34. The number of esters is 1. The molecule has 0 spiro atoms. The fourth-order valence-corrected chi connectivity index (χ4v) is 9.18. The van der Waals surface area contributed by atoms with Crippen molar-refractivity contribution >= 4 is 70.6 Å². The van der Waals surface area contributed by atoms with Gasteiger partial charge >= 0.3 is 18.2 Å². The van der Waals surface area contributed by atoms with Crippen LogP contribution < -0.4 is 41.0 Å². The smallest absolute Gasteiger partial charge is 0.414 e. The summed E-state index contributed by atoms with van der Waals surface area (Å²) in [6.07, 6.45) is 5.12. The summed E-state index contributed by atoms with van der Waals surface area (Å²) in [5, 5.41) is 24.0. The SMILES string of the molecule is C=CCOC(=O)N[C@@H](C(=O)OCCCNC(=O)c1cc(NC(=O)c2cc(NC(=O)c3nc(NC(=O)CCCOc4cc5c(cc4OC)C(=O)N4CC(=C)CC4C(OC4CCCCO4)N5C(=O)O)cn3C)cn2C)cn1C)C(C)C. The molecule has 0 aliphatic carbocycles. The number of aromatic nitrogens is 4. The van der Waals surface area contributed by atoms with E-state index in [1.165, 1.54) is 63.5 Å². The first-order valence-electron chi connectivity index (χ1n) is 25.7. The molecule has 424 valence electrons. The fourth-order valence-electron chi connectivity index (χ4n) is 9.18. The van der Waals surface area contributed by atoms with Gasteiger partial charge < -0.3 is 78.7 Å². The average Bonchev–Trinajstić information content (AvgIpc) is 4.27. The number of anilines is 4. The number of nitrogens with zero attached hydrogens (tertiary/aromatic N) is 6. The largest absolute Gasteiger partial charge is 0.493 e. The number of alkyl carbamates (subject to hydrolysis) is 1. The molecule has 0 bridgehead atoms. The third-order valence-electron chi connectivity index (χ3n) is 13.1. The Bertz CT molecular complexity index is 2970. The van der Waals surface area contributed by atoms with Gasteiger partial charge in [0.1, 0.15) is 24.0 Å². The summed E-state index contributed by atoms with van der Waals surface area (Å²) in [6, 6.07) is 4.24. The second-order valence-corrected chi connectivity index (χ2v) is 19.4. The molecular formula is C53H67N11O15. The number of carboxylic acid groups (broad SMARTS) is 1. The second-order valence-electron chi connectivity index (χ2n) is 19.4. The number of nitrogens with one attached hydrogen (secondary N) is 5. The number of carbonyl (C=O) groups excluding carboxylic acids is 7. The van der Waals surface area contributed by atoms with E-state index in [2.05, 4.69) is 44.7 Å². The van der Waals surface area contributed by atoms with Crippen LogP contribution >= 0.6 is 0 Å². The zero-order valence-corrected chi connectivity index (χ0v) is 45.0. The third kappa shape index (κ3) is 14.3. The van der Waals surface area contributed by atoms with Crippen LogP contribution in [0.25, 0.3) is 0 Å². The maximum absolute atomic E-state index is 14.0. The molecule has 0 saturated carbocycles. The van der Waals surface area contributed by atoms with E-state index in [1.54, 1.807) is 46.1 Å². The Kier molecular flexibility index (Phi) is 19.2. The van der Waals surface area contributed by atoms with Crippen molar-refractivity contribution in [3.8, 4) is 11.5 Å². The molecule has 3 aliphatic rings. The molecule has 2 saturated heterocycles. The van der Waals surface area contributed by atoms with Crippen LogP contribution in [0.3, 0.4) is 0 Å². The molecule has 7 rings (SSSR count). The quantitative estimate of drug-likeness (QED) is 0.0318. The van der Waals surface area contributed by atoms with Crippen LogP contribution in [-0.2, 0) is 49.7 Å². The zero-order chi connectivity index (χ0) is 57.1. The Morgan fingerprint density at radius 2 is 1.58 bits per heavy atom. The number of benzene rings is 1. The highest BCUT2D eigenvalue weighted by atomic mass is 16.7. The van der Waals surface area contributed by atoms with E-state index < -0.39 is 72.3 Å². The topological polar surface area (TPSA) is 306 Å². The van der Waals surface area contributed by atoms with E-state index in [1.807, 2.05) is 0 Å². The second kappa shape index (κ2) is 26.1. The highest BCUT2D eigenvalue weighted by molar-refractivity contribution is 6.08. The van der Waals surface area contributed by atoms with Crippen molar-refractivity contribution < 1.29 is 71.9 Å². The molecule has 79 heavy (non-hydrogen) atoms. The minimum Gasteiger partial charge on any atom is -0.493 e. The fraction of sp³-hybridized carbons (Fsp3) is 0.453. The summed E-state index contributed by atoms with van der Waals surface area (Å²) < 4.78 is 38.5. The molecule has 4 aromatic rings. The number of methoxy groups -OCH3 is 1. The van der Waals surface area contributed by atoms with E-state index in [4.69, 9.17) is 28.4 Å². The number of aryl methyl sites for hydroxylation is 3. The Morgan fingerprint density at radius 3 is 2.24 bits per heavy atom. The molecular weight excluding hydrogens is 1030 g/mol. The van der Waals surface area contributed by atoms with E-state index in [0.29, 0.717) is 25.1 Å². The van der Waals surface area contributed by atoms with Gasteiger partial charge in [-0.15, -0.1) is 0 Å². The Morgan fingerprint density at radius 1 is 0.873 bits per heavy atom. The third-order valence-corrected chi connectivity index (χ3v) is 13.1. The predicted octanol–water partition coefficient (Wildman–Crippen LogP) is 5.15. The number of rotatable bonds is 23. The number of imidazole rings is 1. The van der Waals surface area contributed by atoms with Crippen molar-refractivity contribution in [1.82, 2.24) is 34.2 Å². The molecule has 3 aromatic heterocycles. The molecule has 26 nitrogen and oxygen atoms in total. The first-order valence-corrected chi connectivity index (χ1v) is 25.7. The van der Waals surface area contributed by atoms with Gasteiger partial charge in [0.05, 0.1) is 49.0 Å². The van der Waals surface area contributed by atoms with E-state index >= 15 is 0 Å². The standard InChI is InChI=1S/C53H67N11O15/c1-9-17-78-52(71)59-44(30(2)3)51(70)77-20-13-16-54-46(66)36-22-32(27-60(36)5)55-47(67)37-23-33(28-61(37)6)56-48(68)45-58-41(29-62(45)7)57-42(65)14-12-19-75-40-25-35-34(24-39(40)74-8)49(69)63-26-31(4)21-38(63)50(64(35)53(72)73)79-43-15-10-11-18-76-43/h9,22-25,27-30,38,43-44,50H,1,4,10-21,26H2,2-3,5-8H3,(H,54,66)(H,55,67)(H,56,68)(H,57,65)(H,59,71)(H,72,73)/t38?,43?,44-,50?/m1/s1. The molecule has 3 aliphatic heterocycles. The number of ether oxygens (including phenoxy) is 6. The van der Waals surface area contributed by atoms with Crippen molar-refractivity contribution in [2.75, 3.05) is 67.5 Å². The van der Waals surface area contributed by atoms with Crippen molar-refractivity contribution in [3.63, 3.8) is 0 Å². The summed E-state index contributed by atoms with van der Waals surface area (Å²) in [6.45, 7) is 11.9. The highest BCUT2D eigenvalue weighted by Gasteiger charge is 2.48. The number of carbonyl (C=O) groups is 8. The van der Waals surface area contributed by atoms with Gasteiger partial charge in [0.2, 0.25) is 11.7 Å². The lowest BCUT2D eigenvalue weighted by atomic mass is 10.1. The molecule has 1 aromatic carbocycles. The lowest BCUT2D eigenvalue weighted by Crippen LogP contribution is -2.53. The van der Waals surface area contributed by atoms with Crippen molar-refractivity contribution in [2.45, 2.75) is 83.4 Å². The van der Waals surface area contributed by atoms with Crippen LogP contribution in [0.1, 0.15) is 101 Å². The Hall–Kier alpha value is -8.65. The maximum Gasteiger partial charge on any atom is 0.414 e. The molecule has 6 heterocycles. The molecule has 0 radical (unpaired) electrons. The minimum absolute atomic E-state index is 0.00681. The van der Waals surface area contributed by atoms with Gasteiger partial charge in [0, 0.05) is 71.9 Å². The summed E-state index contributed by atoms with van der Waals surface area (Å²) >= 11 is 0. The van der Waals surface area contributed by atoms with Crippen molar-refractivity contribution in [3.05, 3.63) is 90.4 Å². The summed E-state index contributed by atoms with van der Waals surface area (Å²) in [4.78, 5) is 111. The van der Waals surface area contributed by atoms with Crippen molar-refractivity contribution in [2.24, 2.45) is 27.1 Å². The zero-order valence-electron chi connectivity index (χ0n) is 45.0. The highest BCUT2D eigenvalue weighted by Crippen LogP contribution is 2.43. The van der Waals surface area contributed by atoms with Gasteiger partial charge in [0.25, 0.3) is 23.6 Å². The maximum atomic E-state index is 14.0. The van der Waals surface area contributed by atoms with Crippen molar-refractivity contribution in [1.29, 1.82) is 0 Å². The number of amides is 7. The van der Waals surface area contributed by atoms with Crippen LogP contribution in [0.5, 0.6) is 11.5 Å². The summed E-state index contributed by atoms with van der Waals surface area (Å²) in [7, 11) is 6.21. The lowest BCUT2D eigenvalue weighted by Gasteiger charge is -2.37. The molecule has 4 atom stereocenters. The van der Waals surface area contributed by atoms with Gasteiger partial charge in [-0.25, -0.2) is 24.3 Å². The first kappa shape index (κ1) is 58.0. The Balaban J connectivity index is 0.881. The number of fused-ring (bicyclic) bond motifs is 2. The van der Waals surface area contributed by atoms with Gasteiger partial charge in [-0.3, -0.25) is 24.0 Å². The van der Waals surface area contributed by atoms with Gasteiger partial charge in [0.15, 0.2) is 29.8 Å². The first-order chi connectivity index (χ1) is 37.8. The predicted molar refractivity (Wildman–Crippen MR) is 285 cm³/mol. The Labute approximate surface area is 455 Å². The van der Waals surface area contributed by atoms with E-state index in [0.717, 1.165) is 23.3 Å². The molecule has 6 N–H and O–H groups in total. The van der Waals surface area contributed by atoms with Crippen LogP contribution in [0.2, 0.25) is 0 Å². The lowest BCUT2D eigenvalue weighted by molar-refractivity contribution is -0.195.